The van der Waals surface area contributed by atoms with Crippen molar-refractivity contribution >= 4 is 5.91 Å². The lowest BCUT2D eigenvalue weighted by Crippen LogP contribution is -2.40. The first-order valence-electron chi connectivity index (χ1n) is 6.28. The maximum Gasteiger partial charge on any atom is 0.220 e. The fourth-order valence-electron chi connectivity index (χ4n) is 1.51. The Labute approximate surface area is 99.6 Å². The first-order valence-corrected chi connectivity index (χ1v) is 6.28. The Bertz CT molecular complexity index is 202. The molecule has 0 rings (SSSR count). The molecule has 2 atom stereocenters. The summed E-state index contributed by atoms with van der Waals surface area (Å²) in [6.07, 6.45) is 1.21. The zero-order valence-electron chi connectivity index (χ0n) is 11.3. The van der Waals surface area contributed by atoms with Crippen LogP contribution in [0, 0.1) is 17.8 Å². The van der Waals surface area contributed by atoms with Gasteiger partial charge in [-0.05, 0) is 24.2 Å². The maximum atomic E-state index is 11.8. The minimum absolute atomic E-state index is 0.0943. The van der Waals surface area contributed by atoms with Crippen LogP contribution in [0.2, 0.25) is 0 Å². The maximum absolute atomic E-state index is 11.8. The Kier molecular flexibility index (Phi) is 7.39. The molecule has 0 saturated carbocycles. The molecule has 2 unspecified atom stereocenters. The third-order valence-corrected chi connectivity index (χ3v) is 3.24. The van der Waals surface area contributed by atoms with Gasteiger partial charge < -0.3 is 10.4 Å². The minimum Gasteiger partial charge on any atom is -0.396 e. The number of hydrogen-bond acceptors (Lipinski definition) is 2. The zero-order chi connectivity index (χ0) is 12.7. The van der Waals surface area contributed by atoms with Gasteiger partial charge in [-0.25, -0.2) is 0 Å². The smallest absolute Gasteiger partial charge is 0.220 e. The van der Waals surface area contributed by atoms with Crippen molar-refractivity contribution in [3.63, 3.8) is 0 Å². The van der Waals surface area contributed by atoms with Crippen LogP contribution < -0.4 is 5.32 Å². The normalized spacial score (nSPS) is 15.2. The first kappa shape index (κ1) is 15.4. The van der Waals surface area contributed by atoms with Gasteiger partial charge in [0.25, 0.3) is 0 Å². The van der Waals surface area contributed by atoms with Crippen LogP contribution in [0.1, 0.15) is 47.5 Å². The van der Waals surface area contributed by atoms with Gasteiger partial charge in [-0.15, -0.1) is 0 Å². The number of aliphatic hydroxyl groups excluding tert-OH is 1. The molecule has 0 aliphatic rings. The van der Waals surface area contributed by atoms with Crippen molar-refractivity contribution in [1.82, 2.24) is 5.32 Å². The molecular formula is C13H27NO2. The molecule has 16 heavy (non-hydrogen) atoms. The van der Waals surface area contributed by atoms with Crippen LogP contribution in [-0.4, -0.2) is 23.7 Å². The van der Waals surface area contributed by atoms with Crippen LogP contribution in [0.4, 0.5) is 0 Å². The summed E-state index contributed by atoms with van der Waals surface area (Å²) in [5.74, 6) is 1.40. The molecule has 0 aromatic rings. The van der Waals surface area contributed by atoms with Crippen molar-refractivity contribution < 1.29 is 9.90 Å². The average Bonchev–Trinajstić information content (AvgIpc) is 2.16. The molecule has 1 amide bonds. The van der Waals surface area contributed by atoms with E-state index in [0.29, 0.717) is 30.6 Å². The highest BCUT2D eigenvalue weighted by molar-refractivity contribution is 5.76. The lowest BCUT2D eigenvalue weighted by molar-refractivity contribution is -0.123. The van der Waals surface area contributed by atoms with E-state index < -0.39 is 0 Å². The van der Waals surface area contributed by atoms with Gasteiger partial charge in [-0.3, -0.25) is 4.79 Å². The predicted octanol–water partition coefficient (Wildman–Crippen LogP) is 2.19. The Balaban J connectivity index is 4.09. The SMILES string of the molecule is CC(C)C(C)CC(=O)NC(CCO)C(C)C. The summed E-state index contributed by atoms with van der Waals surface area (Å²) in [6.45, 7) is 10.6. The number of aliphatic hydroxyl groups is 1. The van der Waals surface area contributed by atoms with Gasteiger partial charge in [0.05, 0.1) is 0 Å². The minimum atomic E-state index is 0.0943. The molecule has 0 aromatic heterocycles. The monoisotopic (exact) mass is 229 g/mol. The van der Waals surface area contributed by atoms with E-state index in [-0.39, 0.29) is 18.6 Å². The molecule has 0 aromatic carbocycles. The van der Waals surface area contributed by atoms with Gasteiger partial charge in [-0.2, -0.15) is 0 Å². The molecule has 0 saturated heterocycles. The molecule has 0 bridgehead atoms. The third-order valence-electron chi connectivity index (χ3n) is 3.24. The van der Waals surface area contributed by atoms with E-state index in [9.17, 15) is 4.79 Å². The van der Waals surface area contributed by atoms with Crippen LogP contribution in [0.5, 0.6) is 0 Å². The van der Waals surface area contributed by atoms with E-state index in [1.807, 2.05) is 0 Å². The van der Waals surface area contributed by atoms with Crippen LogP contribution >= 0.6 is 0 Å². The number of nitrogens with one attached hydrogen (secondary N) is 1. The summed E-state index contributed by atoms with van der Waals surface area (Å²) in [7, 11) is 0. The summed E-state index contributed by atoms with van der Waals surface area (Å²) in [6, 6.07) is 0.0943. The van der Waals surface area contributed by atoms with Crippen molar-refractivity contribution in [3.8, 4) is 0 Å². The third kappa shape index (κ3) is 6.11. The first-order chi connectivity index (χ1) is 7.38. The second-order valence-electron chi connectivity index (χ2n) is 5.36. The van der Waals surface area contributed by atoms with E-state index in [1.165, 1.54) is 0 Å². The number of amides is 1. The Hall–Kier alpha value is -0.570. The van der Waals surface area contributed by atoms with Crippen LogP contribution in [0.25, 0.3) is 0 Å². The second kappa shape index (κ2) is 7.66. The summed E-state index contributed by atoms with van der Waals surface area (Å²) >= 11 is 0. The molecule has 0 fully saturated rings. The molecule has 0 spiro atoms. The zero-order valence-corrected chi connectivity index (χ0v) is 11.3. The summed E-state index contributed by atoms with van der Waals surface area (Å²) in [5.41, 5.74) is 0. The van der Waals surface area contributed by atoms with Crippen molar-refractivity contribution in [3.05, 3.63) is 0 Å². The molecule has 0 heterocycles. The standard InChI is InChI=1S/C13H27NO2/c1-9(2)11(5)8-13(16)14-12(6-7-15)10(3)4/h9-12,15H,6-8H2,1-5H3,(H,14,16). The molecule has 3 nitrogen and oxygen atoms in total. The highest BCUT2D eigenvalue weighted by atomic mass is 16.3. The summed E-state index contributed by atoms with van der Waals surface area (Å²) < 4.78 is 0. The van der Waals surface area contributed by atoms with Crippen molar-refractivity contribution in [2.24, 2.45) is 17.8 Å². The van der Waals surface area contributed by atoms with E-state index in [2.05, 4.69) is 39.9 Å². The number of carbonyl (C=O) groups excluding carboxylic acids is 1. The average molecular weight is 229 g/mol. The molecular weight excluding hydrogens is 202 g/mol. The molecule has 0 aliphatic heterocycles. The van der Waals surface area contributed by atoms with Gasteiger partial charge in [0.1, 0.15) is 0 Å². The quantitative estimate of drug-likeness (QED) is 0.703. The van der Waals surface area contributed by atoms with Gasteiger partial charge in [-0.1, -0.05) is 34.6 Å². The number of carbonyl (C=O) groups is 1. The number of hydrogen-bond donors (Lipinski definition) is 2. The fourth-order valence-corrected chi connectivity index (χ4v) is 1.51. The lowest BCUT2D eigenvalue weighted by Gasteiger charge is -2.23. The topological polar surface area (TPSA) is 49.3 Å². The van der Waals surface area contributed by atoms with Crippen molar-refractivity contribution in [1.29, 1.82) is 0 Å². The number of rotatable bonds is 7. The molecule has 0 aliphatic carbocycles. The van der Waals surface area contributed by atoms with Gasteiger partial charge in [0.15, 0.2) is 0 Å². The van der Waals surface area contributed by atoms with Crippen LogP contribution in [0.15, 0.2) is 0 Å². The Morgan fingerprint density at radius 2 is 1.69 bits per heavy atom. The van der Waals surface area contributed by atoms with E-state index >= 15 is 0 Å². The van der Waals surface area contributed by atoms with Crippen LogP contribution in [0.3, 0.4) is 0 Å². The Morgan fingerprint density at radius 3 is 2.06 bits per heavy atom. The highest BCUT2D eigenvalue weighted by Crippen LogP contribution is 2.14. The fraction of sp³-hybridized carbons (Fsp3) is 0.923. The van der Waals surface area contributed by atoms with Gasteiger partial charge >= 0.3 is 0 Å². The Morgan fingerprint density at radius 1 is 1.12 bits per heavy atom. The van der Waals surface area contributed by atoms with Gasteiger partial charge in [0.2, 0.25) is 5.91 Å². The van der Waals surface area contributed by atoms with Crippen molar-refractivity contribution in [2.45, 2.75) is 53.5 Å². The van der Waals surface area contributed by atoms with Crippen molar-refractivity contribution in [2.75, 3.05) is 6.61 Å². The largest absolute Gasteiger partial charge is 0.396 e. The predicted molar refractivity (Wildman–Crippen MR) is 67.1 cm³/mol. The molecule has 96 valence electrons. The van der Waals surface area contributed by atoms with E-state index in [1.54, 1.807) is 0 Å². The van der Waals surface area contributed by atoms with E-state index in [4.69, 9.17) is 5.11 Å². The van der Waals surface area contributed by atoms with Crippen LogP contribution in [-0.2, 0) is 4.79 Å². The summed E-state index contributed by atoms with van der Waals surface area (Å²) in [5, 5.41) is 11.9. The van der Waals surface area contributed by atoms with E-state index in [0.717, 1.165) is 0 Å². The summed E-state index contributed by atoms with van der Waals surface area (Å²) in [4.78, 5) is 11.8. The molecule has 2 N–H and O–H groups in total. The molecule has 3 heteroatoms. The highest BCUT2D eigenvalue weighted by Gasteiger charge is 2.18. The lowest BCUT2D eigenvalue weighted by atomic mass is 9.93. The molecule has 0 radical (unpaired) electrons. The van der Waals surface area contributed by atoms with Gasteiger partial charge in [0, 0.05) is 19.1 Å². The second-order valence-corrected chi connectivity index (χ2v) is 5.36.